The Kier molecular flexibility index (Phi) is 6.68. The summed E-state index contributed by atoms with van der Waals surface area (Å²) >= 11 is 1.23. The van der Waals surface area contributed by atoms with Crippen LogP contribution in [0.2, 0.25) is 0 Å². The zero-order valence-corrected chi connectivity index (χ0v) is 17.7. The summed E-state index contributed by atoms with van der Waals surface area (Å²) in [5.41, 5.74) is 2.06. The fourth-order valence-corrected chi connectivity index (χ4v) is 3.91. The van der Waals surface area contributed by atoms with E-state index in [9.17, 15) is 14.4 Å². The summed E-state index contributed by atoms with van der Waals surface area (Å²) in [7, 11) is 1.58. The van der Waals surface area contributed by atoms with Crippen LogP contribution in [0.3, 0.4) is 0 Å². The molecule has 2 heterocycles. The Morgan fingerprint density at radius 2 is 1.90 bits per heavy atom. The van der Waals surface area contributed by atoms with Gasteiger partial charge in [0.2, 0.25) is 5.91 Å². The third-order valence-electron chi connectivity index (χ3n) is 4.45. The van der Waals surface area contributed by atoms with Crippen LogP contribution in [-0.4, -0.2) is 30.2 Å². The smallest absolute Gasteiger partial charge is 0.341 e. The first-order valence-corrected chi connectivity index (χ1v) is 10.2. The number of carbonyl (C=O) groups is 2. The predicted molar refractivity (Wildman–Crippen MR) is 116 cm³/mol. The van der Waals surface area contributed by atoms with Crippen molar-refractivity contribution in [1.82, 2.24) is 4.57 Å². The predicted octanol–water partition coefficient (Wildman–Crippen LogP) is 3.71. The van der Waals surface area contributed by atoms with Gasteiger partial charge in [-0.1, -0.05) is 18.2 Å². The number of aromatic nitrogens is 1. The molecular formula is C22H22N2O5S. The van der Waals surface area contributed by atoms with E-state index >= 15 is 0 Å². The molecule has 2 aromatic heterocycles. The van der Waals surface area contributed by atoms with Crippen molar-refractivity contribution in [3.63, 3.8) is 0 Å². The maximum Gasteiger partial charge on any atom is 0.341 e. The number of esters is 1. The molecule has 1 N–H and O–H groups in total. The van der Waals surface area contributed by atoms with Crippen molar-refractivity contribution >= 4 is 28.2 Å². The number of carbonyl (C=O) groups excluding carboxylic acids is 2. The second kappa shape index (κ2) is 9.41. The maximum absolute atomic E-state index is 12.6. The molecule has 3 rings (SSSR count). The SMILES string of the molecule is CCOC(=O)c1c(-c2ccc(OC)cc2)csc1NC(=O)Cn1cccc(C)c1=O. The molecule has 1 amide bonds. The van der Waals surface area contributed by atoms with Crippen molar-refractivity contribution in [3.8, 4) is 16.9 Å². The van der Waals surface area contributed by atoms with E-state index in [1.807, 2.05) is 12.1 Å². The van der Waals surface area contributed by atoms with Crippen LogP contribution < -0.4 is 15.6 Å². The highest BCUT2D eigenvalue weighted by atomic mass is 32.1. The van der Waals surface area contributed by atoms with E-state index < -0.39 is 11.9 Å². The number of benzene rings is 1. The number of thiophene rings is 1. The number of hydrogen-bond acceptors (Lipinski definition) is 6. The minimum absolute atomic E-state index is 0.154. The lowest BCUT2D eigenvalue weighted by Gasteiger charge is -2.10. The summed E-state index contributed by atoms with van der Waals surface area (Å²) in [6, 6.07) is 10.7. The molecule has 0 atom stereocenters. The number of pyridine rings is 1. The zero-order chi connectivity index (χ0) is 21.7. The molecule has 0 saturated carbocycles. The molecule has 0 aliphatic carbocycles. The van der Waals surface area contributed by atoms with Gasteiger partial charge < -0.3 is 19.4 Å². The van der Waals surface area contributed by atoms with Gasteiger partial charge in [-0.3, -0.25) is 9.59 Å². The summed E-state index contributed by atoms with van der Waals surface area (Å²) in [5.74, 6) is -0.229. The van der Waals surface area contributed by atoms with Gasteiger partial charge in [-0.25, -0.2) is 4.79 Å². The van der Waals surface area contributed by atoms with Gasteiger partial charge in [0.05, 0.1) is 13.7 Å². The Morgan fingerprint density at radius 1 is 1.17 bits per heavy atom. The fourth-order valence-electron chi connectivity index (χ4n) is 2.94. The van der Waals surface area contributed by atoms with Gasteiger partial charge in [0.1, 0.15) is 22.9 Å². The van der Waals surface area contributed by atoms with Gasteiger partial charge in [0, 0.05) is 22.7 Å². The van der Waals surface area contributed by atoms with Crippen LogP contribution in [-0.2, 0) is 16.1 Å². The molecule has 0 bridgehead atoms. The maximum atomic E-state index is 12.6. The van der Waals surface area contributed by atoms with Crippen LogP contribution in [0.4, 0.5) is 5.00 Å². The largest absolute Gasteiger partial charge is 0.497 e. The van der Waals surface area contributed by atoms with Crippen molar-refractivity contribution < 1.29 is 19.1 Å². The number of rotatable bonds is 7. The van der Waals surface area contributed by atoms with E-state index in [0.29, 0.717) is 21.9 Å². The second-order valence-corrected chi connectivity index (χ2v) is 7.35. The van der Waals surface area contributed by atoms with Crippen molar-refractivity contribution in [2.24, 2.45) is 0 Å². The number of amides is 1. The van der Waals surface area contributed by atoms with E-state index in [1.165, 1.54) is 15.9 Å². The number of nitrogens with zero attached hydrogens (tertiary/aromatic N) is 1. The molecule has 1 aromatic carbocycles. The van der Waals surface area contributed by atoms with Crippen molar-refractivity contribution in [2.45, 2.75) is 20.4 Å². The van der Waals surface area contributed by atoms with Crippen LogP contribution in [0, 0.1) is 6.92 Å². The normalized spacial score (nSPS) is 10.5. The highest BCUT2D eigenvalue weighted by Gasteiger charge is 2.23. The highest BCUT2D eigenvalue weighted by molar-refractivity contribution is 7.15. The molecule has 156 valence electrons. The van der Waals surface area contributed by atoms with Crippen LogP contribution in [0.25, 0.3) is 11.1 Å². The molecule has 0 spiro atoms. The number of anilines is 1. The molecular weight excluding hydrogens is 404 g/mol. The number of hydrogen-bond donors (Lipinski definition) is 1. The molecule has 0 unspecified atom stereocenters. The number of aryl methyl sites for hydroxylation is 1. The minimum Gasteiger partial charge on any atom is -0.497 e. The van der Waals surface area contributed by atoms with Gasteiger partial charge >= 0.3 is 5.97 Å². The Balaban J connectivity index is 1.91. The van der Waals surface area contributed by atoms with E-state index in [1.54, 1.807) is 56.8 Å². The minimum atomic E-state index is -0.521. The molecule has 0 aliphatic heterocycles. The Morgan fingerprint density at radius 3 is 2.57 bits per heavy atom. The van der Waals surface area contributed by atoms with Gasteiger partial charge in [-0.2, -0.15) is 0 Å². The second-order valence-electron chi connectivity index (χ2n) is 6.47. The van der Waals surface area contributed by atoms with E-state index in [0.717, 1.165) is 5.56 Å². The average molecular weight is 426 g/mol. The van der Waals surface area contributed by atoms with Gasteiger partial charge in [-0.05, 0) is 37.6 Å². The van der Waals surface area contributed by atoms with Crippen molar-refractivity contribution in [1.29, 1.82) is 0 Å². The molecule has 8 heteroatoms. The zero-order valence-electron chi connectivity index (χ0n) is 16.9. The molecule has 0 radical (unpaired) electrons. The average Bonchev–Trinajstić information content (AvgIpc) is 3.15. The van der Waals surface area contributed by atoms with Crippen LogP contribution >= 0.6 is 11.3 Å². The summed E-state index contributed by atoms with van der Waals surface area (Å²) in [6.07, 6.45) is 1.55. The van der Waals surface area contributed by atoms with Crippen LogP contribution in [0.15, 0.2) is 52.8 Å². The third-order valence-corrected chi connectivity index (χ3v) is 5.34. The molecule has 7 nitrogen and oxygen atoms in total. The monoisotopic (exact) mass is 426 g/mol. The Hall–Kier alpha value is -3.39. The first kappa shape index (κ1) is 21.3. The van der Waals surface area contributed by atoms with E-state index in [-0.39, 0.29) is 24.3 Å². The third kappa shape index (κ3) is 4.60. The quantitative estimate of drug-likeness (QED) is 0.582. The molecule has 0 fully saturated rings. The standard InChI is InChI=1S/C22H22N2O5S/c1-4-29-22(27)19-17(15-7-9-16(28-3)10-8-15)13-30-20(19)23-18(25)12-24-11-5-6-14(2)21(24)26/h5-11,13H,4,12H2,1-3H3,(H,23,25). The van der Waals surface area contributed by atoms with Crippen molar-refractivity contribution in [2.75, 3.05) is 19.0 Å². The topological polar surface area (TPSA) is 86.6 Å². The molecule has 0 saturated heterocycles. The summed E-state index contributed by atoms with van der Waals surface area (Å²) < 4.78 is 11.7. The lowest BCUT2D eigenvalue weighted by Crippen LogP contribution is -2.28. The van der Waals surface area contributed by atoms with Gasteiger partial charge in [0.15, 0.2) is 0 Å². The van der Waals surface area contributed by atoms with Crippen LogP contribution in [0.5, 0.6) is 5.75 Å². The first-order valence-electron chi connectivity index (χ1n) is 9.33. The molecule has 0 aliphatic rings. The molecule has 30 heavy (non-hydrogen) atoms. The summed E-state index contributed by atoms with van der Waals surface area (Å²) in [5, 5.41) is 4.93. The Bertz CT molecular complexity index is 1120. The van der Waals surface area contributed by atoms with E-state index in [4.69, 9.17) is 9.47 Å². The Labute approximate surface area is 177 Å². The van der Waals surface area contributed by atoms with E-state index in [2.05, 4.69) is 5.32 Å². The first-order chi connectivity index (χ1) is 14.4. The highest BCUT2D eigenvalue weighted by Crippen LogP contribution is 2.36. The number of nitrogens with one attached hydrogen (secondary N) is 1. The number of methoxy groups -OCH3 is 1. The van der Waals surface area contributed by atoms with Gasteiger partial charge in [0.25, 0.3) is 5.56 Å². The van der Waals surface area contributed by atoms with Crippen LogP contribution in [0.1, 0.15) is 22.8 Å². The fraction of sp³-hybridized carbons (Fsp3) is 0.227. The molecule has 3 aromatic rings. The summed E-state index contributed by atoms with van der Waals surface area (Å²) in [4.78, 5) is 37.4. The van der Waals surface area contributed by atoms with Crippen molar-refractivity contribution in [3.05, 3.63) is 69.5 Å². The number of ether oxygens (including phenoxy) is 2. The van der Waals surface area contributed by atoms with Gasteiger partial charge in [-0.15, -0.1) is 11.3 Å². The summed E-state index contributed by atoms with van der Waals surface area (Å²) in [6.45, 7) is 3.47. The lowest BCUT2D eigenvalue weighted by atomic mass is 10.0. The lowest BCUT2D eigenvalue weighted by molar-refractivity contribution is -0.116.